The van der Waals surface area contributed by atoms with Crippen LogP contribution in [0, 0.1) is 0 Å². The second kappa shape index (κ2) is 3.62. The minimum Gasteiger partial charge on any atom is -0.443 e. The fraction of sp³-hybridized carbons (Fsp3) is 0. The van der Waals surface area contributed by atoms with E-state index in [0.29, 0.717) is 10.9 Å². The van der Waals surface area contributed by atoms with Gasteiger partial charge in [0.25, 0.3) is 0 Å². The highest BCUT2D eigenvalue weighted by Crippen LogP contribution is 2.19. The summed E-state index contributed by atoms with van der Waals surface area (Å²) in [5.74, 6) is 0. The van der Waals surface area contributed by atoms with Crippen molar-refractivity contribution >= 4 is 23.6 Å². The number of benzene rings is 1. The molecule has 0 spiro atoms. The Bertz CT molecular complexity index is 553. The summed E-state index contributed by atoms with van der Waals surface area (Å²) >= 11 is 0. The third kappa shape index (κ3) is 1.91. The molecule has 0 aliphatic heterocycles. The number of carbonyl (C=O) groups excluding carboxylic acids is 1. The van der Waals surface area contributed by atoms with Gasteiger partial charge in [0, 0.05) is 17.1 Å². The van der Waals surface area contributed by atoms with Gasteiger partial charge < -0.3 is 17.7 Å². The molecule has 2 rings (SSSR count). The molecule has 0 N–H and O–H groups in total. The molecule has 0 saturated heterocycles. The molecule has 1 heterocycles. The van der Waals surface area contributed by atoms with Crippen LogP contribution in [0.1, 0.15) is 10.4 Å². The molecule has 0 aliphatic carbocycles. The largest absolute Gasteiger partial charge is 0.549 e. The van der Waals surface area contributed by atoms with E-state index >= 15 is 0 Å². The average molecular weight is 224 g/mol. The Morgan fingerprint density at radius 2 is 1.88 bits per heavy atom. The van der Waals surface area contributed by atoms with E-state index in [-0.39, 0.29) is 0 Å². The number of fused-ring (bicyclic) bond motifs is 1. The SMILES string of the molecule is O=C(c1cnc2ccccc2c1)[B-](F)(F)F. The Morgan fingerprint density at radius 3 is 2.56 bits per heavy atom. The fourth-order valence-electron chi connectivity index (χ4n) is 1.39. The van der Waals surface area contributed by atoms with Crippen molar-refractivity contribution in [2.45, 2.75) is 0 Å². The van der Waals surface area contributed by atoms with E-state index in [1.807, 2.05) is 0 Å². The van der Waals surface area contributed by atoms with Crippen LogP contribution in [0.25, 0.3) is 10.9 Å². The lowest BCUT2D eigenvalue weighted by molar-refractivity contribution is 0.102. The summed E-state index contributed by atoms with van der Waals surface area (Å²) in [6, 6.07) is 7.90. The molecule has 0 unspecified atom stereocenters. The van der Waals surface area contributed by atoms with Crippen molar-refractivity contribution in [1.82, 2.24) is 4.98 Å². The second-order valence-corrected chi connectivity index (χ2v) is 3.36. The van der Waals surface area contributed by atoms with E-state index in [1.165, 1.54) is 6.07 Å². The zero-order valence-electron chi connectivity index (χ0n) is 8.03. The van der Waals surface area contributed by atoms with Crippen molar-refractivity contribution in [2.24, 2.45) is 0 Å². The van der Waals surface area contributed by atoms with Crippen LogP contribution in [0.4, 0.5) is 12.9 Å². The molecule has 0 saturated carbocycles. The maximum atomic E-state index is 12.2. The van der Waals surface area contributed by atoms with E-state index in [4.69, 9.17) is 0 Å². The van der Waals surface area contributed by atoms with Gasteiger partial charge in [-0.1, -0.05) is 18.2 Å². The van der Waals surface area contributed by atoms with Crippen LogP contribution in [0.5, 0.6) is 0 Å². The van der Waals surface area contributed by atoms with Gasteiger partial charge in [-0.2, -0.15) is 0 Å². The molecular weight excluding hydrogens is 218 g/mol. The molecule has 1 aromatic heterocycles. The van der Waals surface area contributed by atoms with Crippen molar-refractivity contribution in [1.29, 1.82) is 0 Å². The highest BCUT2D eigenvalue weighted by atomic mass is 19.4. The zero-order valence-corrected chi connectivity index (χ0v) is 8.03. The number of aromatic nitrogens is 1. The predicted octanol–water partition coefficient (Wildman–Crippen LogP) is 2.80. The number of nitrogens with zero attached hydrogens (tertiary/aromatic N) is 1. The van der Waals surface area contributed by atoms with E-state index in [9.17, 15) is 17.7 Å². The molecule has 0 fully saturated rings. The van der Waals surface area contributed by atoms with E-state index in [0.717, 1.165) is 6.20 Å². The number of hydrogen-bond donors (Lipinski definition) is 0. The first kappa shape index (κ1) is 10.7. The molecule has 6 heteroatoms. The quantitative estimate of drug-likeness (QED) is 0.734. The Kier molecular flexibility index (Phi) is 2.42. The van der Waals surface area contributed by atoms with Crippen molar-refractivity contribution < 1.29 is 17.7 Å². The summed E-state index contributed by atoms with van der Waals surface area (Å²) in [4.78, 5) is 14.8. The van der Waals surface area contributed by atoms with Gasteiger partial charge in [-0.15, -0.1) is 0 Å². The lowest BCUT2D eigenvalue weighted by Crippen LogP contribution is -2.29. The van der Waals surface area contributed by atoms with Crippen molar-refractivity contribution in [3.05, 3.63) is 42.1 Å². The monoisotopic (exact) mass is 224 g/mol. The standard InChI is InChI=1S/C10H6BF3NO/c12-11(13,14)10(16)8-5-7-3-1-2-4-9(7)15-6-8/h1-6H/q-1. The lowest BCUT2D eigenvalue weighted by atomic mass is 9.80. The van der Waals surface area contributed by atoms with Gasteiger partial charge in [-0.25, -0.2) is 0 Å². The average Bonchev–Trinajstić information content (AvgIpc) is 2.26. The van der Waals surface area contributed by atoms with Gasteiger partial charge in [0.15, 0.2) is 0 Å². The number of rotatable bonds is 2. The normalized spacial score (nSPS) is 11.7. The highest BCUT2D eigenvalue weighted by molar-refractivity contribution is 6.93. The molecule has 82 valence electrons. The molecular formula is C10H6BF3NO-. The number of hydrogen-bond acceptors (Lipinski definition) is 2. The minimum absolute atomic E-state index is 0.411. The number of para-hydroxylation sites is 1. The van der Waals surface area contributed by atoms with E-state index in [1.54, 1.807) is 24.3 Å². The highest BCUT2D eigenvalue weighted by Gasteiger charge is 2.34. The maximum Gasteiger partial charge on any atom is 0.549 e. The Hall–Kier alpha value is -1.85. The fourth-order valence-corrected chi connectivity index (χ4v) is 1.39. The third-order valence-corrected chi connectivity index (χ3v) is 2.17. The van der Waals surface area contributed by atoms with Crippen LogP contribution in [0.2, 0.25) is 0 Å². The van der Waals surface area contributed by atoms with Gasteiger partial charge in [0.05, 0.1) is 5.52 Å². The Labute approximate surface area is 89.2 Å². The Balaban J connectivity index is 2.52. The van der Waals surface area contributed by atoms with Crippen molar-refractivity contribution in [3.8, 4) is 0 Å². The third-order valence-electron chi connectivity index (χ3n) is 2.17. The first-order valence-corrected chi connectivity index (χ1v) is 4.57. The minimum atomic E-state index is -5.49. The first-order valence-electron chi connectivity index (χ1n) is 4.57. The zero-order chi connectivity index (χ0) is 11.8. The lowest BCUT2D eigenvalue weighted by Gasteiger charge is -2.12. The van der Waals surface area contributed by atoms with E-state index < -0.39 is 18.2 Å². The van der Waals surface area contributed by atoms with Gasteiger partial charge in [0.1, 0.15) is 5.68 Å². The summed E-state index contributed by atoms with van der Waals surface area (Å²) in [6.07, 6.45) is 0.958. The predicted molar refractivity (Wildman–Crippen MR) is 55.2 cm³/mol. The Morgan fingerprint density at radius 1 is 1.19 bits per heavy atom. The number of pyridine rings is 1. The summed E-state index contributed by atoms with van der Waals surface area (Å²) in [5, 5.41) is 0.522. The summed E-state index contributed by atoms with van der Waals surface area (Å²) in [6.45, 7) is -5.49. The molecule has 0 aliphatic rings. The molecule has 1 aromatic carbocycles. The smallest absolute Gasteiger partial charge is 0.443 e. The summed E-state index contributed by atoms with van der Waals surface area (Å²) in [7, 11) is 0. The summed E-state index contributed by atoms with van der Waals surface area (Å²) in [5.41, 5.74) is -1.65. The molecule has 0 amide bonds. The van der Waals surface area contributed by atoms with Crippen LogP contribution in [-0.4, -0.2) is 17.6 Å². The molecule has 2 aromatic rings. The molecule has 16 heavy (non-hydrogen) atoms. The number of carbonyl (C=O) groups is 1. The molecule has 0 radical (unpaired) electrons. The van der Waals surface area contributed by atoms with E-state index in [2.05, 4.69) is 4.98 Å². The number of halogens is 3. The van der Waals surface area contributed by atoms with Crippen LogP contribution >= 0.6 is 0 Å². The van der Waals surface area contributed by atoms with Gasteiger partial charge in [-0.3, -0.25) is 4.98 Å². The van der Waals surface area contributed by atoms with Crippen LogP contribution in [0.15, 0.2) is 36.5 Å². The van der Waals surface area contributed by atoms with Crippen LogP contribution in [0.3, 0.4) is 0 Å². The summed E-state index contributed by atoms with van der Waals surface area (Å²) < 4.78 is 36.7. The van der Waals surface area contributed by atoms with Crippen LogP contribution in [-0.2, 0) is 0 Å². The van der Waals surface area contributed by atoms with Crippen LogP contribution < -0.4 is 0 Å². The first-order chi connectivity index (χ1) is 7.48. The van der Waals surface area contributed by atoms with Crippen molar-refractivity contribution in [3.63, 3.8) is 0 Å². The van der Waals surface area contributed by atoms with Gasteiger partial charge in [-0.05, 0) is 12.1 Å². The van der Waals surface area contributed by atoms with Crippen molar-refractivity contribution in [2.75, 3.05) is 0 Å². The van der Waals surface area contributed by atoms with Gasteiger partial charge >= 0.3 is 6.98 Å². The topological polar surface area (TPSA) is 30.0 Å². The molecule has 0 bridgehead atoms. The molecule has 2 nitrogen and oxygen atoms in total. The molecule has 0 atom stereocenters. The second-order valence-electron chi connectivity index (χ2n) is 3.36. The van der Waals surface area contributed by atoms with Gasteiger partial charge in [0.2, 0.25) is 0 Å². The maximum absolute atomic E-state index is 12.2.